The van der Waals surface area contributed by atoms with Crippen LogP contribution in [-0.4, -0.2) is 42.5 Å². The Balaban J connectivity index is 1.47. The average molecular weight is 380 g/mol. The van der Waals surface area contributed by atoms with Crippen LogP contribution in [0.3, 0.4) is 0 Å². The molecule has 0 saturated carbocycles. The largest absolute Gasteiger partial charge is 0.375 e. The van der Waals surface area contributed by atoms with Crippen LogP contribution in [0.15, 0.2) is 54.6 Å². The number of morpholine rings is 1. The predicted octanol–water partition coefficient (Wildman–Crippen LogP) is 3.90. The van der Waals surface area contributed by atoms with Crippen LogP contribution >= 0.6 is 0 Å². The minimum Gasteiger partial charge on any atom is -0.375 e. The van der Waals surface area contributed by atoms with Crippen molar-refractivity contribution in [1.82, 2.24) is 4.90 Å². The van der Waals surface area contributed by atoms with Gasteiger partial charge in [-0.15, -0.1) is 0 Å². The third-order valence-corrected chi connectivity index (χ3v) is 4.88. The molecule has 5 heteroatoms. The van der Waals surface area contributed by atoms with Crippen molar-refractivity contribution in [3.8, 4) is 0 Å². The van der Waals surface area contributed by atoms with Gasteiger partial charge >= 0.3 is 0 Å². The molecule has 2 aromatic carbocycles. The van der Waals surface area contributed by atoms with E-state index in [4.69, 9.17) is 4.74 Å². The number of anilines is 1. The summed E-state index contributed by atoms with van der Waals surface area (Å²) in [5.41, 5.74) is 2.56. The topological polar surface area (TPSA) is 58.6 Å². The molecule has 0 bridgehead atoms. The van der Waals surface area contributed by atoms with E-state index in [1.807, 2.05) is 37.3 Å². The van der Waals surface area contributed by atoms with E-state index in [1.165, 1.54) is 5.56 Å². The maximum Gasteiger partial charge on any atom is 0.254 e. The van der Waals surface area contributed by atoms with E-state index in [9.17, 15) is 9.59 Å². The molecular weight excluding hydrogens is 352 g/mol. The molecule has 1 aliphatic rings. The molecule has 3 rings (SSSR count). The Hall–Kier alpha value is -2.66. The van der Waals surface area contributed by atoms with Gasteiger partial charge in [-0.2, -0.15) is 0 Å². The average Bonchev–Trinajstić information content (AvgIpc) is 2.72. The number of benzene rings is 2. The Morgan fingerprint density at radius 3 is 2.71 bits per heavy atom. The molecule has 0 aromatic heterocycles. The number of aryl methyl sites for hydroxylation is 1. The summed E-state index contributed by atoms with van der Waals surface area (Å²) in [7, 11) is 0. The van der Waals surface area contributed by atoms with Crippen molar-refractivity contribution in [2.45, 2.75) is 38.7 Å². The van der Waals surface area contributed by atoms with E-state index in [-0.39, 0.29) is 17.9 Å². The monoisotopic (exact) mass is 380 g/mol. The number of hydrogen-bond donors (Lipinski definition) is 1. The zero-order chi connectivity index (χ0) is 19.8. The van der Waals surface area contributed by atoms with Crippen molar-refractivity contribution < 1.29 is 14.3 Å². The van der Waals surface area contributed by atoms with E-state index in [0.29, 0.717) is 37.4 Å². The second kappa shape index (κ2) is 10.0. The number of nitrogens with one attached hydrogen (secondary N) is 1. The zero-order valence-corrected chi connectivity index (χ0v) is 16.4. The molecular formula is C23H28N2O3. The first kappa shape index (κ1) is 20.1. The molecule has 1 atom stereocenters. The van der Waals surface area contributed by atoms with Gasteiger partial charge in [0.15, 0.2) is 0 Å². The van der Waals surface area contributed by atoms with Crippen molar-refractivity contribution in [3.63, 3.8) is 0 Å². The lowest BCUT2D eigenvalue weighted by Gasteiger charge is -2.31. The van der Waals surface area contributed by atoms with Crippen LogP contribution in [0, 0.1) is 0 Å². The first-order valence-corrected chi connectivity index (χ1v) is 9.96. The van der Waals surface area contributed by atoms with Crippen molar-refractivity contribution in [2.75, 3.05) is 25.0 Å². The van der Waals surface area contributed by atoms with Crippen molar-refractivity contribution in [3.05, 3.63) is 65.7 Å². The third kappa shape index (κ3) is 5.92. The number of nitrogens with zero attached hydrogens (tertiary/aromatic N) is 1. The second-order valence-corrected chi connectivity index (χ2v) is 7.25. The first-order chi connectivity index (χ1) is 13.6. The third-order valence-electron chi connectivity index (χ3n) is 4.88. The van der Waals surface area contributed by atoms with Gasteiger partial charge in [-0.1, -0.05) is 36.4 Å². The number of rotatable bonds is 7. The minimum atomic E-state index is -0.0193. The molecule has 0 aliphatic carbocycles. The fraction of sp³-hybridized carbons (Fsp3) is 0.391. The highest BCUT2D eigenvalue weighted by atomic mass is 16.5. The van der Waals surface area contributed by atoms with E-state index in [1.54, 1.807) is 17.0 Å². The van der Waals surface area contributed by atoms with Crippen LogP contribution in [0.4, 0.5) is 5.69 Å². The Labute approximate surface area is 166 Å². The van der Waals surface area contributed by atoms with Crippen LogP contribution < -0.4 is 5.32 Å². The molecule has 2 amide bonds. The molecule has 1 aliphatic heterocycles. The van der Waals surface area contributed by atoms with E-state index < -0.39 is 0 Å². The number of carbonyl (C=O) groups is 2. The SMILES string of the molecule is CC1CN(C(=O)c2cccc(NC(=O)CCCCc3ccccc3)c2)CCO1. The fourth-order valence-electron chi connectivity index (χ4n) is 3.40. The Morgan fingerprint density at radius 2 is 1.93 bits per heavy atom. The molecule has 1 fully saturated rings. The van der Waals surface area contributed by atoms with Gasteiger partial charge < -0.3 is 15.0 Å². The van der Waals surface area contributed by atoms with Gasteiger partial charge in [0.05, 0.1) is 12.7 Å². The second-order valence-electron chi connectivity index (χ2n) is 7.25. The number of amides is 2. The van der Waals surface area contributed by atoms with E-state index in [0.717, 1.165) is 19.3 Å². The smallest absolute Gasteiger partial charge is 0.254 e. The predicted molar refractivity (Wildman–Crippen MR) is 110 cm³/mol. The molecule has 0 radical (unpaired) electrons. The lowest BCUT2D eigenvalue weighted by molar-refractivity contribution is -0.116. The van der Waals surface area contributed by atoms with Gasteiger partial charge in [-0.25, -0.2) is 0 Å². The van der Waals surface area contributed by atoms with Gasteiger partial charge in [0, 0.05) is 30.8 Å². The van der Waals surface area contributed by atoms with Crippen LogP contribution in [0.1, 0.15) is 42.1 Å². The summed E-state index contributed by atoms with van der Waals surface area (Å²) in [5, 5.41) is 2.91. The molecule has 28 heavy (non-hydrogen) atoms. The lowest BCUT2D eigenvalue weighted by Crippen LogP contribution is -2.44. The maximum absolute atomic E-state index is 12.7. The summed E-state index contributed by atoms with van der Waals surface area (Å²) >= 11 is 0. The summed E-state index contributed by atoms with van der Waals surface area (Å²) in [6.45, 7) is 3.72. The van der Waals surface area contributed by atoms with Gasteiger partial charge in [-0.05, 0) is 49.9 Å². The Morgan fingerprint density at radius 1 is 1.11 bits per heavy atom. The first-order valence-electron chi connectivity index (χ1n) is 9.96. The van der Waals surface area contributed by atoms with Gasteiger partial charge in [0.2, 0.25) is 5.91 Å². The summed E-state index contributed by atoms with van der Waals surface area (Å²) < 4.78 is 5.49. The molecule has 1 unspecified atom stereocenters. The summed E-state index contributed by atoms with van der Waals surface area (Å²) in [6.07, 6.45) is 3.33. The Kier molecular flexibility index (Phi) is 7.20. The van der Waals surface area contributed by atoms with Gasteiger partial charge in [-0.3, -0.25) is 9.59 Å². The summed E-state index contributed by atoms with van der Waals surface area (Å²) in [6, 6.07) is 17.5. The fourth-order valence-corrected chi connectivity index (χ4v) is 3.40. The standard InChI is InChI=1S/C23H28N2O3/c1-18-17-25(14-15-28-18)23(27)20-11-7-12-21(16-20)24-22(26)13-6-5-10-19-8-3-2-4-9-19/h2-4,7-9,11-12,16,18H,5-6,10,13-15,17H2,1H3,(H,24,26). The lowest BCUT2D eigenvalue weighted by atomic mass is 10.1. The molecule has 0 spiro atoms. The number of unbranched alkanes of at least 4 members (excludes halogenated alkanes) is 1. The highest BCUT2D eigenvalue weighted by Crippen LogP contribution is 2.16. The van der Waals surface area contributed by atoms with Crippen LogP contribution in [0.25, 0.3) is 0 Å². The number of ether oxygens (including phenoxy) is 1. The number of carbonyl (C=O) groups excluding carboxylic acids is 2. The highest BCUT2D eigenvalue weighted by Gasteiger charge is 2.22. The maximum atomic E-state index is 12.7. The molecule has 1 N–H and O–H groups in total. The molecule has 1 heterocycles. The molecule has 5 nitrogen and oxygen atoms in total. The molecule has 1 saturated heterocycles. The van der Waals surface area contributed by atoms with E-state index in [2.05, 4.69) is 17.4 Å². The van der Waals surface area contributed by atoms with Crippen molar-refractivity contribution in [1.29, 1.82) is 0 Å². The normalized spacial score (nSPS) is 16.6. The zero-order valence-electron chi connectivity index (χ0n) is 16.4. The minimum absolute atomic E-state index is 0.0161. The highest BCUT2D eigenvalue weighted by molar-refractivity contribution is 5.97. The quantitative estimate of drug-likeness (QED) is 0.741. The number of hydrogen-bond acceptors (Lipinski definition) is 3. The van der Waals surface area contributed by atoms with Crippen molar-refractivity contribution >= 4 is 17.5 Å². The Bertz CT molecular complexity index is 791. The van der Waals surface area contributed by atoms with Crippen LogP contribution in [0.2, 0.25) is 0 Å². The van der Waals surface area contributed by atoms with Gasteiger partial charge in [0.25, 0.3) is 5.91 Å². The van der Waals surface area contributed by atoms with Crippen LogP contribution in [-0.2, 0) is 16.0 Å². The van der Waals surface area contributed by atoms with Crippen LogP contribution in [0.5, 0.6) is 0 Å². The van der Waals surface area contributed by atoms with Crippen molar-refractivity contribution in [2.24, 2.45) is 0 Å². The van der Waals surface area contributed by atoms with E-state index >= 15 is 0 Å². The molecule has 2 aromatic rings. The summed E-state index contributed by atoms with van der Waals surface area (Å²) in [5.74, 6) is -0.0354. The van der Waals surface area contributed by atoms with Gasteiger partial charge in [0.1, 0.15) is 0 Å². The molecule has 148 valence electrons. The summed E-state index contributed by atoms with van der Waals surface area (Å²) in [4.78, 5) is 26.7.